The average molecular weight is 315 g/mol. The van der Waals surface area contributed by atoms with Gasteiger partial charge in [0.25, 0.3) is 15.7 Å². The highest BCUT2D eigenvalue weighted by Crippen LogP contribution is 2.37. The largest absolute Gasteiger partial charge is 0.383 e. The summed E-state index contributed by atoms with van der Waals surface area (Å²) < 4.78 is 29.6. The molecule has 1 aromatic heterocycles. The number of nitro groups is 1. The molecule has 18 heavy (non-hydrogen) atoms. The fourth-order valence-corrected chi connectivity index (χ4v) is 4.11. The highest BCUT2D eigenvalue weighted by molar-refractivity contribution is 7.91. The van der Waals surface area contributed by atoms with Crippen LogP contribution >= 0.6 is 22.9 Å². The first-order valence-corrected chi connectivity index (χ1v) is 7.33. The molecule has 1 heterocycles. The van der Waals surface area contributed by atoms with Crippen LogP contribution in [0.3, 0.4) is 0 Å². The minimum absolute atomic E-state index is 0.154. The molecule has 1 rings (SSSR count). The van der Waals surface area contributed by atoms with Gasteiger partial charge in [-0.1, -0.05) is 11.6 Å². The van der Waals surface area contributed by atoms with E-state index in [1.165, 1.54) is 14.2 Å². The van der Waals surface area contributed by atoms with Gasteiger partial charge in [0.2, 0.25) is 0 Å². The second kappa shape index (κ2) is 5.93. The number of hydrogen-bond donors (Lipinski definition) is 0. The van der Waals surface area contributed by atoms with Crippen LogP contribution in [0.15, 0.2) is 10.3 Å². The molecule has 0 aliphatic rings. The van der Waals surface area contributed by atoms with Gasteiger partial charge in [-0.05, 0) is 0 Å². The Morgan fingerprint density at radius 1 is 1.61 bits per heavy atom. The molecule has 7 nitrogen and oxygen atoms in total. The molecule has 0 spiro atoms. The van der Waals surface area contributed by atoms with Gasteiger partial charge in [0, 0.05) is 26.8 Å². The maximum Gasteiger partial charge on any atom is 0.300 e. The number of ether oxygens (including phenoxy) is 1. The van der Waals surface area contributed by atoms with Gasteiger partial charge in [-0.2, -0.15) is 4.31 Å². The minimum atomic E-state index is -3.76. The van der Waals surface area contributed by atoms with Gasteiger partial charge in [-0.3, -0.25) is 10.1 Å². The molecule has 0 saturated heterocycles. The summed E-state index contributed by atoms with van der Waals surface area (Å²) in [5, 5.41) is 10.6. The lowest BCUT2D eigenvalue weighted by molar-refractivity contribution is -0.384. The van der Waals surface area contributed by atoms with Crippen molar-refractivity contribution in [3.63, 3.8) is 0 Å². The van der Waals surface area contributed by atoms with Crippen LogP contribution < -0.4 is 0 Å². The summed E-state index contributed by atoms with van der Waals surface area (Å²) in [7, 11) is -0.943. The molecule has 102 valence electrons. The first-order chi connectivity index (χ1) is 8.30. The van der Waals surface area contributed by atoms with Crippen molar-refractivity contribution < 1.29 is 18.1 Å². The maximum atomic E-state index is 12.0. The van der Waals surface area contributed by atoms with Crippen LogP contribution in [0.25, 0.3) is 0 Å². The fraction of sp³-hybridized carbons (Fsp3) is 0.500. The summed E-state index contributed by atoms with van der Waals surface area (Å²) in [6.07, 6.45) is 0. The van der Waals surface area contributed by atoms with Crippen molar-refractivity contribution in [2.75, 3.05) is 27.3 Å². The predicted octanol–water partition coefficient (Wildman–Crippen LogP) is 1.58. The van der Waals surface area contributed by atoms with Crippen molar-refractivity contribution in [3.05, 3.63) is 20.5 Å². The van der Waals surface area contributed by atoms with Crippen molar-refractivity contribution in [3.8, 4) is 0 Å². The summed E-state index contributed by atoms with van der Waals surface area (Å²) in [5.74, 6) is 0. The van der Waals surface area contributed by atoms with Gasteiger partial charge in [-0.25, -0.2) is 8.42 Å². The van der Waals surface area contributed by atoms with Gasteiger partial charge in [0.05, 0.1) is 11.5 Å². The highest BCUT2D eigenvalue weighted by atomic mass is 35.5. The lowest BCUT2D eigenvalue weighted by Crippen LogP contribution is -2.29. The highest BCUT2D eigenvalue weighted by Gasteiger charge is 2.28. The molecule has 0 fully saturated rings. The Kier molecular flexibility index (Phi) is 5.05. The molecule has 0 aliphatic carbocycles. The van der Waals surface area contributed by atoms with Gasteiger partial charge in [0.1, 0.15) is 4.21 Å². The van der Waals surface area contributed by atoms with Gasteiger partial charge < -0.3 is 4.74 Å². The maximum absolute atomic E-state index is 12.0. The second-order valence-electron chi connectivity index (χ2n) is 3.30. The van der Waals surface area contributed by atoms with E-state index >= 15 is 0 Å². The van der Waals surface area contributed by atoms with Crippen LogP contribution in [0, 0.1) is 10.1 Å². The van der Waals surface area contributed by atoms with Crippen molar-refractivity contribution >= 4 is 38.6 Å². The molecule has 0 amide bonds. The number of likely N-dealkylation sites (N-methyl/N-ethyl adjacent to an activating group) is 1. The standard InChI is InChI=1S/C8H11ClN2O5S2/c1-10(3-4-16-2)18(14,15)7-5-6(11(12)13)8(9)17-7/h5H,3-4H2,1-2H3. The summed E-state index contributed by atoms with van der Waals surface area (Å²) in [5.41, 5.74) is -0.402. The van der Waals surface area contributed by atoms with Crippen LogP contribution in [-0.2, 0) is 14.8 Å². The number of nitrogens with zero attached hydrogens (tertiary/aromatic N) is 2. The summed E-state index contributed by atoms with van der Waals surface area (Å²) in [6, 6.07) is 0.964. The molecule has 10 heteroatoms. The van der Waals surface area contributed by atoms with Crippen LogP contribution in [0.5, 0.6) is 0 Å². The fourth-order valence-electron chi connectivity index (χ4n) is 1.08. The van der Waals surface area contributed by atoms with Crippen LogP contribution in [0.2, 0.25) is 4.34 Å². The summed E-state index contributed by atoms with van der Waals surface area (Å²) >= 11 is 6.29. The third-order valence-electron chi connectivity index (χ3n) is 2.12. The monoisotopic (exact) mass is 314 g/mol. The van der Waals surface area contributed by atoms with E-state index in [0.29, 0.717) is 11.3 Å². The topological polar surface area (TPSA) is 89.8 Å². The Balaban J connectivity index is 3.05. The molecule has 0 radical (unpaired) electrons. The second-order valence-corrected chi connectivity index (χ2v) is 7.23. The van der Waals surface area contributed by atoms with Crippen LogP contribution in [0.4, 0.5) is 5.69 Å². The quantitative estimate of drug-likeness (QED) is 0.587. The number of thiophene rings is 1. The third kappa shape index (κ3) is 3.18. The molecule has 1 aromatic rings. The lowest BCUT2D eigenvalue weighted by atomic mass is 10.6. The van der Waals surface area contributed by atoms with Gasteiger partial charge in [-0.15, -0.1) is 11.3 Å². The molecule has 0 bridgehead atoms. The molecule has 0 aliphatic heterocycles. The lowest BCUT2D eigenvalue weighted by Gasteiger charge is -2.14. The minimum Gasteiger partial charge on any atom is -0.383 e. The smallest absolute Gasteiger partial charge is 0.300 e. The molecular weight excluding hydrogens is 304 g/mol. The van der Waals surface area contributed by atoms with Crippen LogP contribution in [-0.4, -0.2) is 45.0 Å². The van der Waals surface area contributed by atoms with E-state index in [2.05, 4.69) is 0 Å². The van der Waals surface area contributed by atoms with Crippen molar-refractivity contribution in [2.24, 2.45) is 0 Å². The number of halogens is 1. The molecule has 0 atom stereocenters. The number of rotatable bonds is 6. The SMILES string of the molecule is COCCN(C)S(=O)(=O)c1cc([N+](=O)[O-])c(Cl)s1. The number of hydrogen-bond acceptors (Lipinski definition) is 6. The third-order valence-corrected chi connectivity index (χ3v) is 5.76. The zero-order valence-corrected chi connectivity index (χ0v) is 12.0. The molecule has 0 unspecified atom stereocenters. The Morgan fingerprint density at radius 3 is 2.67 bits per heavy atom. The normalized spacial score (nSPS) is 12.0. The van der Waals surface area contributed by atoms with E-state index in [-0.39, 0.29) is 21.7 Å². The average Bonchev–Trinajstić information content (AvgIpc) is 2.68. The zero-order valence-electron chi connectivity index (χ0n) is 9.62. The van der Waals surface area contributed by atoms with E-state index in [4.69, 9.17) is 16.3 Å². The first-order valence-electron chi connectivity index (χ1n) is 4.69. The number of sulfonamides is 1. The van der Waals surface area contributed by atoms with E-state index in [1.807, 2.05) is 0 Å². The number of methoxy groups -OCH3 is 1. The molecule has 0 aromatic carbocycles. The summed E-state index contributed by atoms with van der Waals surface area (Å²) in [4.78, 5) is 9.89. The van der Waals surface area contributed by atoms with E-state index in [0.717, 1.165) is 10.4 Å². The van der Waals surface area contributed by atoms with Gasteiger partial charge >= 0.3 is 0 Å². The Morgan fingerprint density at radius 2 is 2.22 bits per heavy atom. The molecule has 0 saturated carbocycles. The molecule has 0 N–H and O–H groups in total. The Labute approximate surface area is 113 Å². The van der Waals surface area contributed by atoms with E-state index in [9.17, 15) is 18.5 Å². The first kappa shape index (κ1) is 15.3. The zero-order chi connectivity index (χ0) is 13.9. The van der Waals surface area contributed by atoms with Crippen molar-refractivity contribution in [1.29, 1.82) is 0 Å². The van der Waals surface area contributed by atoms with E-state index < -0.39 is 20.6 Å². The van der Waals surface area contributed by atoms with Crippen molar-refractivity contribution in [1.82, 2.24) is 4.31 Å². The van der Waals surface area contributed by atoms with Gasteiger partial charge in [0.15, 0.2) is 4.34 Å². The molecular formula is C8H11ClN2O5S2. The summed E-state index contributed by atoms with van der Waals surface area (Å²) in [6.45, 7) is 0.388. The van der Waals surface area contributed by atoms with E-state index in [1.54, 1.807) is 0 Å². The Hall–Kier alpha value is -0.740. The predicted molar refractivity (Wildman–Crippen MR) is 67.7 cm³/mol. The van der Waals surface area contributed by atoms with Crippen molar-refractivity contribution in [2.45, 2.75) is 4.21 Å². The van der Waals surface area contributed by atoms with Crippen LogP contribution in [0.1, 0.15) is 0 Å². The Bertz CT molecular complexity index is 542.